The molecule has 44 heavy (non-hydrogen) atoms. The molecule has 0 amide bonds. The van der Waals surface area contributed by atoms with Gasteiger partial charge in [-0.3, -0.25) is 5.43 Å². The predicted molar refractivity (Wildman–Crippen MR) is 169 cm³/mol. The van der Waals surface area contributed by atoms with Crippen molar-refractivity contribution in [2.45, 2.75) is 12.1 Å². The number of rotatable bonds is 9. The molecule has 0 saturated carbocycles. The van der Waals surface area contributed by atoms with Crippen molar-refractivity contribution in [3.8, 4) is 5.75 Å². The lowest BCUT2D eigenvalue weighted by molar-refractivity contribution is -0.0297. The lowest BCUT2D eigenvalue weighted by Gasteiger charge is -2.36. The Bertz CT molecular complexity index is 1730. The average Bonchev–Trinajstić information content (AvgIpc) is 3.53. The van der Waals surface area contributed by atoms with Crippen molar-refractivity contribution in [1.82, 2.24) is 25.2 Å². The maximum Gasteiger partial charge on any atom is 0.185 e. The molecule has 226 valence electrons. The molecule has 1 atom stereocenters. The van der Waals surface area contributed by atoms with E-state index < -0.39 is 17.2 Å². The van der Waals surface area contributed by atoms with E-state index in [4.69, 9.17) is 17.0 Å². The molecule has 9 nitrogen and oxygen atoms in total. The molecule has 3 N–H and O–H groups in total. The molecule has 0 spiro atoms. The van der Waals surface area contributed by atoms with Gasteiger partial charge in [-0.15, -0.1) is 0 Å². The highest BCUT2D eigenvalue weighted by Crippen LogP contribution is 2.29. The summed E-state index contributed by atoms with van der Waals surface area (Å²) in [6.07, 6.45) is 2.72. The molecule has 1 unspecified atom stereocenters. The first-order valence-corrected chi connectivity index (χ1v) is 14.6. The highest BCUT2D eigenvalue weighted by Gasteiger charge is 2.35. The van der Waals surface area contributed by atoms with E-state index in [0.29, 0.717) is 10.9 Å². The van der Waals surface area contributed by atoms with E-state index in [2.05, 4.69) is 48.9 Å². The minimum Gasteiger partial charge on any atom is -0.490 e. The molecule has 5 aromatic rings. The van der Waals surface area contributed by atoms with Crippen molar-refractivity contribution in [2.24, 2.45) is 0 Å². The summed E-state index contributed by atoms with van der Waals surface area (Å²) >= 11 is 5.59. The largest absolute Gasteiger partial charge is 0.490 e. The van der Waals surface area contributed by atoms with Gasteiger partial charge in [0.2, 0.25) is 0 Å². The summed E-state index contributed by atoms with van der Waals surface area (Å²) < 4.78 is 35.5. The predicted octanol–water partition coefficient (Wildman–Crippen LogP) is 4.70. The van der Waals surface area contributed by atoms with Crippen LogP contribution in [0.4, 0.5) is 20.2 Å². The molecular weight excluding hydrogens is 584 g/mol. The van der Waals surface area contributed by atoms with Crippen LogP contribution in [0.1, 0.15) is 5.56 Å². The van der Waals surface area contributed by atoms with Gasteiger partial charge in [0.25, 0.3) is 0 Å². The van der Waals surface area contributed by atoms with Crippen LogP contribution in [0.2, 0.25) is 0 Å². The highest BCUT2D eigenvalue weighted by atomic mass is 32.1. The SMILES string of the molecule is OC(COc1ccc(N2CCN(NC(=S)Nc3cccc4ccccc34)CC2)cc1)(Cn1cncn1)c1ccc(F)cc1F. The number of anilines is 2. The lowest BCUT2D eigenvalue weighted by atomic mass is 9.94. The van der Waals surface area contributed by atoms with Gasteiger partial charge < -0.3 is 20.1 Å². The van der Waals surface area contributed by atoms with E-state index >= 15 is 0 Å². The molecule has 1 aliphatic rings. The smallest absolute Gasteiger partial charge is 0.185 e. The van der Waals surface area contributed by atoms with Gasteiger partial charge in [-0.05, 0) is 54.0 Å². The fourth-order valence-electron chi connectivity index (χ4n) is 5.32. The molecular formula is C32H31F2N7O2S. The molecule has 2 heterocycles. The van der Waals surface area contributed by atoms with Gasteiger partial charge in [0.15, 0.2) is 5.11 Å². The van der Waals surface area contributed by atoms with Crippen LogP contribution < -0.4 is 20.4 Å². The summed E-state index contributed by atoms with van der Waals surface area (Å²) in [4.78, 5) is 6.14. The van der Waals surface area contributed by atoms with Crippen LogP contribution in [0.3, 0.4) is 0 Å². The molecule has 0 aliphatic carbocycles. The van der Waals surface area contributed by atoms with Crippen molar-refractivity contribution < 1.29 is 18.6 Å². The second kappa shape index (κ2) is 12.9. The van der Waals surface area contributed by atoms with Gasteiger partial charge >= 0.3 is 0 Å². The first-order valence-electron chi connectivity index (χ1n) is 14.1. The van der Waals surface area contributed by atoms with Crippen LogP contribution in [0.5, 0.6) is 5.75 Å². The van der Waals surface area contributed by atoms with Crippen LogP contribution in [0.15, 0.2) is 97.6 Å². The van der Waals surface area contributed by atoms with Crippen LogP contribution in [0.25, 0.3) is 10.8 Å². The molecule has 12 heteroatoms. The minimum absolute atomic E-state index is 0.0932. The van der Waals surface area contributed by atoms with Crippen LogP contribution in [0, 0.1) is 11.6 Å². The number of nitrogens with one attached hydrogen (secondary N) is 2. The minimum atomic E-state index is -1.82. The molecule has 4 aromatic carbocycles. The Kier molecular flexibility index (Phi) is 8.64. The molecule has 1 saturated heterocycles. The Morgan fingerprint density at radius 2 is 1.73 bits per heavy atom. The third kappa shape index (κ3) is 6.77. The van der Waals surface area contributed by atoms with Crippen molar-refractivity contribution >= 4 is 39.5 Å². The maximum absolute atomic E-state index is 14.7. The normalized spacial score (nSPS) is 15.1. The number of hydrogen-bond donors (Lipinski definition) is 3. The van der Waals surface area contributed by atoms with Crippen LogP contribution in [-0.2, 0) is 12.1 Å². The Hall–Kier alpha value is -4.65. The van der Waals surface area contributed by atoms with Crippen LogP contribution in [-0.4, -0.2) is 62.8 Å². The summed E-state index contributed by atoms with van der Waals surface area (Å²) in [6.45, 7) is 2.66. The summed E-state index contributed by atoms with van der Waals surface area (Å²) in [5, 5.41) is 23.7. The quantitative estimate of drug-likeness (QED) is 0.204. The molecule has 1 aromatic heterocycles. The van der Waals surface area contributed by atoms with Gasteiger partial charge in [0.05, 0.1) is 6.54 Å². The number of halogens is 2. The average molecular weight is 616 g/mol. The Morgan fingerprint density at radius 3 is 2.48 bits per heavy atom. The lowest BCUT2D eigenvalue weighted by Crippen LogP contribution is -2.54. The molecule has 1 aliphatic heterocycles. The zero-order valence-electron chi connectivity index (χ0n) is 23.7. The standard InChI is InChI=1S/C32H31F2N7O2S/c33-24-8-13-28(29(34)18-24)32(42,19-41-22-35-21-36-41)20-43-26-11-9-25(10-12-26)39-14-16-40(17-15-39)38-31(44)37-30-7-3-5-23-4-1-2-6-27(23)30/h1-13,18,21-22,42H,14-17,19-20H2,(H2,37,38,44). The zero-order valence-corrected chi connectivity index (χ0v) is 24.6. The van der Waals surface area contributed by atoms with Gasteiger partial charge in [-0.2, -0.15) is 5.10 Å². The molecule has 6 rings (SSSR count). The first-order chi connectivity index (χ1) is 21.4. The van der Waals surface area contributed by atoms with Crippen molar-refractivity contribution in [1.29, 1.82) is 0 Å². The number of fused-ring (bicyclic) bond motifs is 1. The number of hydrazine groups is 1. The zero-order chi connectivity index (χ0) is 30.5. The second-order valence-electron chi connectivity index (χ2n) is 10.6. The number of hydrogen-bond acceptors (Lipinski definition) is 7. The van der Waals surface area contributed by atoms with E-state index in [1.54, 1.807) is 12.1 Å². The van der Waals surface area contributed by atoms with E-state index in [1.165, 1.54) is 23.4 Å². The summed E-state index contributed by atoms with van der Waals surface area (Å²) in [5.41, 5.74) is 3.37. The van der Waals surface area contributed by atoms with Crippen LogP contribution >= 0.6 is 12.2 Å². The van der Waals surface area contributed by atoms with E-state index in [9.17, 15) is 13.9 Å². The third-order valence-electron chi connectivity index (χ3n) is 7.58. The summed E-state index contributed by atoms with van der Waals surface area (Å²) in [6, 6.07) is 24.8. The van der Waals surface area contributed by atoms with Gasteiger partial charge in [-0.25, -0.2) is 23.5 Å². The van der Waals surface area contributed by atoms with Crippen molar-refractivity contribution in [2.75, 3.05) is 43.0 Å². The number of aromatic nitrogens is 3. The number of aliphatic hydroxyl groups is 1. The van der Waals surface area contributed by atoms with Gasteiger partial charge in [-0.1, -0.05) is 42.5 Å². The summed E-state index contributed by atoms with van der Waals surface area (Å²) in [7, 11) is 0. The number of piperazine rings is 1. The topological polar surface area (TPSA) is 90.7 Å². The fraction of sp³-hybridized carbons (Fsp3) is 0.219. The Balaban J connectivity index is 1.03. The van der Waals surface area contributed by atoms with Gasteiger partial charge in [0, 0.05) is 54.6 Å². The van der Waals surface area contributed by atoms with Gasteiger partial charge in [0.1, 0.15) is 42.2 Å². The van der Waals surface area contributed by atoms with Crippen molar-refractivity contribution in [3.05, 3.63) is 115 Å². The van der Waals surface area contributed by atoms with E-state index in [0.717, 1.165) is 60.5 Å². The number of ether oxygens (including phenoxy) is 1. The van der Waals surface area contributed by atoms with Crippen molar-refractivity contribution in [3.63, 3.8) is 0 Å². The monoisotopic (exact) mass is 615 g/mol. The first kappa shape index (κ1) is 29.4. The Morgan fingerprint density at radius 1 is 0.955 bits per heavy atom. The molecule has 0 radical (unpaired) electrons. The number of benzene rings is 4. The molecule has 1 fully saturated rings. The molecule has 0 bridgehead atoms. The van der Waals surface area contributed by atoms with E-state index in [1.807, 2.05) is 36.4 Å². The highest BCUT2D eigenvalue weighted by molar-refractivity contribution is 7.80. The fourth-order valence-corrected chi connectivity index (χ4v) is 5.56. The second-order valence-corrected chi connectivity index (χ2v) is 11.0. The number of nitrogens with zero attached hydrogens (tertiary/aromatic N) is 5. The third-order valence-corrected chi connectivity index (χ3v) is 7.77. The number of thiocarbonyl (C=S) groups is 1. The Labute approximate surface area is 258 Å². The maximum atomic E-state index is 14.7. The summed E-state index contributed by atoms with van der Waals surface area (Å²) in [5.74, 6) is -1.11. The van der Waals surface area contributed by atoms with E-state index in [-0.39, 0.29) is 18.7 Å².